The lowest BCUT2D eigenvalue weighted by Crippen LogP contribution is -2.36. The van der Waals surface area contributed by atoms with E-state index in [9.17, 15) is 21.6 Å². The summed E-state index contributed by atoms with van der Waals surface area (Å²) in [6.07, 6.45) is -0.404. The Morgan fingerprint density at radius 2 is 1.93 bits per heavy atom. The van der Waals surface area contributed by atoms with Crippen LogP contribution in [0, 0.1) is 5.92 Å². The maximum Gasteiger partial charge on any atom is 0.417 e. The number of alkyl halides is 3. The minimum absolute atomic E-state index is 0.0675. The Kier molecular flexibility index (Phi) is 6.28. The molecule has 1 N–H and O–H groups in total. The summed E-state index contributed by atoms with van der Waals surface area (Å²) in [5.41, 5.74) is -0.552. The van der Waals surface area contributed by atoms with Crippen LogP contribution < -0.4 is 4.72 Å². The van der Waals surface area contributed by atoms with Gasteiger partial charge in [0, 0.05) is 25.6 Å². The molecule has 2 heterocycles. The molecule has 1 atom stereocenters. The molecule has 3 rings (SSSR count). The predicted octanol–water partition coefficient (Wildman–Crippen LogP) is 4.20. The molecular formula is C18H18ClF3N2O3S. The van der Waals surface area contributed by atoms with Crippen molar-refractivity contribution >= 4 is 21.6 Å². The zero-order chi connectivity index (χ0) is 20.4. The van der Waals surface area contributed by atoms with Crippen LogP contribution in [0.3, 0.4) is 0 Å². The molecule has 0 radical (unpaired) electrons. The highest BCUT2D eigenvalue weighted by Crippen LogP contribution is 2.37. The first kappa shape index (κ1) is 21.0. The molecular weight excluding hydrogens is 417 g/mol. The summed E-state index contributed by atoms with van der Waals surface area (Å²) in [4.78, 5) is 3.53. The fourth-order valence-electron chi connectivity index (χ4n) is 3.17. The lowest BCUT2D eigenvalue weighted by atomic mass is 9.88. The highest BCUT2D eigenvalue weighted by molar-refractivity contribution is 7.89. The lowest BCUT2D eigenvalue weighted by Gasteiger charge is -2.31. The second-order valence-corrected chi connectivity index (χ2v) is 8.60. The predicted molar refractivity (Wildman–Crippen MR) is 97.3 cm³/mol. The number of nitrogens with zero attached hydrogens (tertiary/aromatic N) is 1. The summed E-state index contributed by atoms with van der Waals surface area (Å²) in [5, 5.41) is -0.556. The summed E-state index contributed by atoms with van der Waals surface area (Å²) in [7, 11) is -4.23. The summed E-state index contributed by atoms with van der Waals surface area (Å²) in [6, 6.07) is 5.33. The number of rotatable bonds is 5. The standard InChI is InChI=1S/C18H18ClF3N2O3S/c19-16-4-3-14(10-15(16)18(20,21)22)28(25,26)24-17(12-5-8-27-9-6-12)13-2-1-7-23-11-13/h1-4,7,10-12,17,24H,5-6,8-9H2/t17-/m0/s1. The van der Waals surface area contributed by atoms with Crippen molar-refractivity contribution in [3.8, 4) is 0 Å². The van der Waals surface area contributed by atoms with Crippen LogP contribution in [0.25, 0.3) is 0 Å². The maximum absolute atomic E-state index is 13.1. The second kappa shape index (κ2) is 8.36. The number of ether oxygens (including phenoxy) is 1. The Morgan fingerprint density at radius 3 is 2.54 bits per heavy atom. The third-order valence-corrected chi connectivity index (χ3v) is 6.38. The summed E-state index contributed by atoms with van der Waals surface area (Å²) in [5.74, 6) is -0.0675. The second-order valence-electron chi connectivity index (χ2n) is 6.47. The Labute approximate surface area is 165 Å². The van der Waals surface area contributed by atoms with Gasteiger partial charge in [-0.15, -0.1) is 0 Å². The number of pyridine rings is 1. The molecule has 0 amide bonds. The minimum atomic E-state index is -4.76. The molecule has 0 unspecified atom stereocenters. The largest absolute Gasteiger partial charge is 0.417 e. The smallest absolute Gasteiger partial charge is 0.381 e. The molecule has 152 valence electrons. The average molecular weight is 435 g/mol. The number of benzene rings is 1. The molecule has 1 aliphatic heterocycles. The monoisotopic (exact) mass is 434 g/mol. The average Bonchev–Trinajstić information content (AvgIpc) is 2.67. The van der Waals surface area contributed by atoms with E-state index >= 15 is 0 Å². The molecule has 1 fully saturated rings. The van der Waals surface area contributed by atoms with Crippen molar-refractivity contribution in [3.05, 3.63) is 58.9 Å². The molecule has 0 aliphatic carbocycles. The zero-order valence-corrected chi connectivity index (χ0v) is 16.2. The van der Waals surface area contributed by atoms with Gasteiger partial charge in [0.15, 0.2) is 0 Å². The first-order valence-corrected chi connectivity index (χ1v) is 10.4. The van der Waals surface area contributed by atoms with Crippen molar-refractivity contribution in [3.63, 3.8) is 0 Å². The van der Waals surface area contributed by atoms with E-state index in [-0.39, 0.29) is 5.92 Å². The lowest BCUT2D eigenvalue weighted by molar-refractivity contribution is -0.137. The van der Waals surface area contributed by atoms with Gasteiger partial charge in [0.05, 0.1) is 21.5 Å². The third kappa shape index (κ3) is 4.83. The van der Waals surface area contributed by atoms with Gasteiger partial charge >= 0.3 is 6.18 Å². The molecule has 28 heavy (non-hydrogen) atoms. The Hall–Kier alpha value is -1.68. The van der Waals surface area contributed by atoms with Crippen LogP contribution in [0.5, 0.6) is 0 Å². The number of nitrogens with one attached hydrogen (secondary N) is 1. The van der Waals surface area contributed by atoms with E-state index < -0.39 is 37.7 Å². The molecule has 1 aromatic heterocycles. The van der Waals surface area contributed by atoms with E-state index in [1.807, 2.05) is 0 Å². The van der Waals surface area contributed by atoms with Crippen LogP contribution >= 0.6 is 11.6 Å². The molecule has 5 nitrogen and oxygen atoms in total. The molecule has 0 bridgehead atoms. The van der Waals surface area contributed by atoms with Crippen LogP contribution in [0.1, 0.15) is 30.0 Å². The molecule has 0 saturated carbocycles. The van der Waals surface area contributed by atoms with Gasteiger partial charge in [-0.3, -0.25) is 4.98 Å². The number of sulfonamides is 1. The van der Waals surface area contributed by atoms with Crippen molar-refractivity contribution in [2.45, 2.75) is 30.0 Å². The van der Waals surface area contributed by atoms with Gasteiger partial charge < -0.3 is 4.74 Å². The van der Waals surface area contributed by atoms with Crippen molar-refractivity contribution < 1.29 is 26.3 Å². The van der Waals surface area contributed by atoms with Crippen LogP contribution in [-0.2, 0) is 20.9 Å². The van der Waals surface area contributed by atoms with E-state index in [1.165, 1.54) is 0 Å². The normalized spacial score (nSPS) is 17.4. The van der Waals surface area contributed by atoms with Crippen LogP contribution in [0.4, 0.5) is 13.2 Å². The molecule has 0 spiro atoms. The quantitative estimate of drug-likeness (QED) is 0.765. The molecule has 1 aromatic carbocycles. The Morgan fingerprint density at radius 1 is 1.21 bits per heavy atom. The third-order valence-electron chi connectivity index (χ3n) is 4.62. The van der Waals surface area contributed by atoms with Gasteiger partial charge in [0.2, 0.25) is 10.0 Å². The van der Waals surface area contributed by atoms with Crippen molar-refractivity contribution in [2.24, 2.45) is 5.92 Å². The van der Waals surface area contributed by atoms with Gasteiger partial charge in [0.25, 0.3) is 0 Å². The summed E-state index contributed by atoms with van der Waals surface area (Å²) < 4.78 is 73.0. The molecule has 1 saturated heterocycles. The Bertz CT molecular complexity index is 917. The summed E-state index contributed by atoms with van der Waals surface area (Å²) in [6.45, 7) is 0.977. The number of halogens is 4. The van der Waals surface area contributed by atoms with Gasteiger partial charge in [-0.2, -0.15) is 13.2 Å². The SMILES string of the molecule is O=S(=O)(N[C@H](c1cccnc1)C1CCOCC1)c1ccc(Cl)c(C(F)(F)F)c1. The van der Waals surface area contributed by atoms with Crippen LogP contribution in [0.15, 0.2) is 47.6 Å². The van der Waals surface area contributed by atoms with E-state index in [1.54, 1.807) is 24.5 Å². The van der Waals surface area contributed by atoms with Gasteiger partial charge in [-0.25, -0.2) is 13.1 Å². The first-order valence-electron chi connectivity index (χ1n) is 8.55. The summed E-state index contributed by atoms with van der Waals surface area (Å²) >= 11 is 5.60. The maximum atomic E-state index is 13.1. The topological polar surface area (TPSA) is 68.3 Å². The molecule has 10 heteroatoms. The molecule has 1 aliphatic rings. The van der Waals surface area contributed by atoms with E-state index in [0.29, 0.717) is 37.7 Å². The highest BCUT2D eigenvalue weighted by Gasteiger charge is 2.35. The Balaban J connectivity index is 1.95. The van der Waals surface area contributed by atoms with Gasteiger partial charge in [-0.1, -0.05) is 17.7 Å². The van der Waals surface area contributed by atoms with Crippen LogP contribution in [-0.4, -0.2) is 26.6 Å². The van der Waals surface area contributed by atoms with Gasteiger partial charge in [0.1, 0.15) is 0 Å². The van der Waals surface area contributed by atoms with Crippen molar-refractivity contribution in [1.29, 1.82) is 0 Å². The van der Waals surface area contributed by atoms with Crippen LogP contribution in [0.2, 0.25) is 5.02 Å². The molecule has 2 aromatic rings. The number of hydrogen-bond donors (Lipinski definition) is 1. The number of hydrogen-bond acceptors (Lipinski definition) is 4. The van der Waals surface area contributed by atoms with E-state index in [0.717, 1.165) is 12.1 Å². The van der Waals surface area contributed by atoms with E-state index in [4.69, 9.17) is 16.3 Å². The fourth-order valence-corrected chi connectivity index (χ4v) is 4.71. The highest BCUT2D eigenvalue weighted by atomic mass is 35.5. The van der Waals surface area contributed by atoms with Gasteiger partial charge in [-0.05, 0) is 48.6 Å². The van der Waals surface area contributed by atoms with Crippen molar-refractivity contribution in [2.75, 3.05) is 13.2 Å². The first-order chi connectivity index (χ1) is 13.2. The van der Waals surface area contributed by atoms with Crippen molar-refractivity contribution in [1.82, 2.24) is 9.71 Å². The van der Waals surface area contributed by atoms with E-state index in [2.05, 4.69) is 9.71 Å². The number of aromatic nitrogens is 1. The fraction of sp³-hybridized carbons (Fsp3) is 0.389. The minimum Gasteiger partial charge on any atom is -0.381 e. The zero-order valence-electron chi connectivity index (χ0n) is 14.6.